The molecule has 0 saturated carbocycles. The van der Waals surface area contributed by atoms with Gasteiger partial charge in [0.25, 0.3) is 5.91 Å². The highest BCUT2D eigenvalue weighted by molar-refractivity contribution is 6.07. The lowest BCUT2D eigenvalue weighted by Crippen LogP contribution is -2.12. The molecule has 1 amide bonds. The Kier molecular flexibility index (Phi) is 3.93. The van der Waals surface area contributed by atoms with Crippen LogP contribution in [0, 0.1) is 6.92 Å². The summed E-state index contributed by atoms with van der Waals surface area (Å²) in [5.74, 6) is 1.04. The van der Waals surface area contributed by atoms with Crippen LogP contribution in [-0.2, 0) is 0 Å². The standard InChI is InChI=1S/C18H18N2O3/c1-11-8-13-9-12(4-6-15(13)19-11)18(21)20-16-10-14(22-2)5-7-17(16)23-3/h4-10,19H,1-3H3,(H,20,21). The van der Waals surface area contributed by atoms with Gasteiger partial charge in [-0.25, -0.2) is 0 Å². The Morgan fingerprint density at radius 2 is 1.87 bits per heavy atom. The molecule has 1 aromatic heterocycles. The van der Waals surface area contributed by atoms with Crippen LogP contribution in [-0.4, -0.2) is 25.1 Å². The topological polar surface area (TPSA) is 63.4 Å². The van der Waals surface area contributed by atoms with Gasteiger partial charge in [0.05, 0.1) is 19.9 Å². The molecular formula is C18H18N2O3. The van der Waals surface area contributed by atoms with E-state index < -0.39 is 0 Å². The summed E-state index contributed by atoms with van der Waals surface area (Å²) in [4.78, 5) is 15.8. The molecule has 0 aliphatic carbocycles. The average molecular weight is 310 g/mol. The van der Waals surface area contributed by atoms with Crippen LogP contribution in [0.5, 0.6) is 11.5 Å². The lowest BCUT2D eigenvalue weighted by atomic mass is 10.1. The Bertz CT molecular complexity index is 868. The normalized spacial score (nSPS) is 10.6. The number of hydrogen-bond acceptors (Lipinski definition) is 3. The molecule has 2 aromatic carbocycles. The number of H-pyrrole nitrogens is 1. The molecule has 0 aliphatic heterocycles. The van der Waals surface area contributed by atoms with Crippen molar-refractivity contribution in [2.45, 2.75) is 6.92 Å². The first-order valence-electron chi connectivity index (χ1n) is 7.23. The van der Waals surface area contributed by atoms with Gasteiger partial charge in [-0.05, 0) is 43.3 Å². The minimum absolute atomic E-state index is 0.197. The Morgan fingerprint density at radius 3 is 2.61 bits per heavy atom. The van der Waals surface area contributed by atoms with Gasteiger partial charge in [-0.15, -0.1) is 0 Å². The van der Waals surface area contributed by atoms with Crippen LogP contribution in [0.1, 0.15) is 16.1 Å². The summed E-state index contributed by atoms with van der Waals surface area (Å²) >= 11 is 0. The number of benzene rings is 2. The molecule has 1 heterocycles. The number of amides is 1. The van der Waals surface area contributed by atoms with Gasteiger partial charge in [0, 0.05) is 28.2 Å². The van der Waals surface area contributed by atoms with Crippen molar-refractivity contribution in [3.05, 3.63) is 53.7 Å². The van der Waals surface area contributed by atoms with E-state index in [9.17, 15) is 4.79 Å². The number of fused-ring (bicyclic) bond motifs is 1. The average Bonchev–Trinajstić information content (AvgIpc) is 2.93. The van der Waals surface area contributed by atoms with E-state index in [-0.39, 0.29) is 5.91 Å². The van der Waals surface area contributed by atoms with Crippen molar-refractivity contribution in [1.82, 2.24) is 4.98 Å². The second-order valence-corrected chi connectivity index (χ2v) is 5.27. The summed E-state index contributed by atoms with van der Waals surface area (Å²) in [5, 5.41) is 3.88. The van der Waals surface area contributed by atoms with Gasteiger partial charge in [0.2, 0.25) is 0 Å². The number of nitrogens with one attached hydrogen (secondary N) is 2. The third-order valence-corrected chi connectivity index (χ3v) is 3.67. The molecule has 0 bridgehead atoms. The predicted octanol–water partition coefficient (Wildman–Crippen LogP) is 3.75. The Morgan fingerprint density at radius 1 is 1.04 bits per heavy atom. The van der Waals surface area contributed by atoms with Gasteiger partial charge in [0.15, 0.2) is 0 Å². The van der Waals surface area contributed by atoms with Crippen molar-refractivity contribution >= 4 is 22.5 Å². The molecule has 23 heavy (non-hydrogen) atoms. The fraction of sp³-hybridized carbons (Fsp3) is 0.167. The molecule has 3 rings (SSSR count). The number of carbonyl (C=O) groups is 1. The van der Waals surface area contributed by atoms with Gasteiger partial charge >= 0.3 is 0 Å². The van der Waals surface area contributed by atoms with E-state index in [1.54, 1.807) is 38.5 Å². The molecule has 5 nitrogen and oxygen atoms in total. The van der Waals surface area contributed by atoms with Crippen molar-refractivity contribution in [2.24, 2.45) is 0 Å². The van der Waals surface area contributed by atoms with Crippen LogP contribution in [0.25, 0.3) is 10.9 Å². The van der Waals surface area contributed by atoms with Gasteiger partial charge in [-0.3, -0.25) is 4.79 Å². The lowest BCUT2D eigenvalue weighted by molar-refractivity contribution is 0.102. The maximum Gasteiger partial charge on any atom is 0.255 e. The number of rotatable bonds is 4. The van der Waals surface area contributed by atoms with Crippen LogP contribution in [0.3, 0.4) is 0 Å². The van der Waals surface area contributed by atoms with Gasteiger partial charge in [0.1, 0.15) is 11.5 Å². The first-order valence-corrected chi connectivity index (χ1v) is 7.23. The third kappa shape index (κ3) is 2.99. The van der Waals surface area contributed by atoms with Crippen LogP contribution < -0.4 is 14.8 Å². The largest absolute Gasteiger partial charge is 0.497 e. The molecule has 0 atom stereocenters. The zero-order valence-electron chi connectivity index (χ0n) is 13.3. The molecule has 5 heteroatoms. The van der Waals surface area contributed by atoms with E-state index in [2.05, 4.69) is 10.3 Å². The molecule has 118 valence electrons. The fourth-order valence-electron chi connectivity index (χ4n) is 2.53. The van der Waals surface area contributed by atoms with Crippen molar-refractivity contribution in [2.75, 3.05) is 19.5 Å². The Hall–Kier alpha value is -2.95. The zero-order valence-corrected chi connectivity index (χ0v) is 13.3. The highest BCUT2D eigenvalue weighted by Gasteiger charge is 2.12. The minimum atomic E-state index is -0.197. The maximum absolute atomic E-state index is 12.5. The van der Waals surface area contributed by atoms with E-state index in [4.69, 9.17) is 9.47 Å². The number of hydrogen-bond donors (Lipinski definition) is 2. The molecule has 0 radical (unpaired) electrons. The summed E-state index contributed by atoms with van der Waals surface area (Å²) < 4.78 is 10.5. The van der Waals surface area contributed by atoms with Gasteiger partial charge in [-0.2, -0.15) is 0 Å². The van der Waals surface area contributed by atoms with E-state index in [1.807, 2.05) is 25.1 Å². The monoisotopic (exact) mass is 310 g/mol. The second-order valence-electron chi connectivity index (χ2n) is 5.27. The Labute approximate surface area is 134 Å². The predicted molar refractivity (Wildman–Crippen MR) is 90.5 cm³/mol. The summed E-state index contributed by atoms with van der Waals surface area (Å²) in [7, 11) is 3.14. The summed E-state index contributed by atoms with van der Waals surface area (Å²) in [6, 6.07) is 12.8. The van der Waals surface area contributed by atoms with E-state index >= 15 is 0 Å². The summed E-state index contributed by atoms with van der Waals surface area (Å²) in [6.45, 7) is 1.99. The minimum Gasteiger partial charge on any atom is -0.497 e. The molecule has 0 saturated heterocycles. The SMILES string of the molecule is COc1ccc(OC)c(NC(=O)c2ccc3[nH]c(C)cc3c2)c1. The van der Waals surface area contributed by atoms with Crippen LogP contribution in [0.15, 0.2) is 42.5 Å². The van der Waals surface area contributed by atoms with Crippen LogP contribution in [0.2, 0.25) is 0 Å². The number of ether oxygens (including phenoxy) is 2. The number of aryl methyl sites for hydroxylation is 1. The number of aromatic amines is 1. The number of carbonyl (C=O) groups excluding carboxylic acids is 1. The summed E-state index contributed by atoms with van der Waals surface area (Å²) in [5.41, 5.74) is 3.23. The molecule has 3 aromatic rings. The van der Waals surface area contributed by atoms with Crippen LogP contribution in [0.4, 0.5) is 5.69 Å². The van der Waals surface area contributed by atoms with Crippen molar-refractivity contribution in [1.29, 1.82) is 0 Å². The molecule has 2 N–H and O–H groups in total. The molecule has 0 unspecified atom stereocenters. The van der Waals surface area contributed by atoms with Crippen LogP contribution >= 0.6 is 0 Å². The van der Waals surface area contributed by atoms with Crippen molar-refractivity contribution in [3.63, 3.8) is 0 Å². The van der Waals surface area contributed by atoms with Gasteiger partial charge < -0.3 is 19.8 Å². The molecule has 0 aliphatic rings. The second kappa shape index (κ2) is 6.04. The molecule has 0 spiro atoms. The molecular weight excluding hydrogens is 292 g/mol. The van der Waals surface area contributed by atoms with E-state index in [0.29, 0.717) is 22.7 Å². The zero-order chi connectivity index (χ0) is 16.4. The Balaban J connectivity index is 1.90. The first-order chi connectivity index (χ1) is 11.1. The quantitative estimate of drug-likeness (QED) is 0.771. The maximum atomic E-state index is 12.5. The number of aromatic nitrogens is 1. The number of anilines is 1. The smallest absolute Gasteiger partial charge is 0.255 e. The van der Waals surface area contributed by atoms with Crippen molar-refractivity contribution in [3.8, 4) is 11.5 Å². The first kappa shape index (κ1) is 15.0. The van der Waals surface area contributed by atoms with E-state index in [1.165, 1.54) is 0 Å². The lowest BCUT2D eigenvalue weighted by Gasteiger charge is -2.11. The highest BCUT2D eigenvalue weighted by Crippen LogP contribution is 2.29. The van der Waals surface area contributed by atoms with Gasteiger partial charge in [-0.1, -0.05) is 0 Å². The number of methoxy groups -OCH3 is 2. The third-order valence-electron chi connectivity index (χ3n) is 3.67. The van der Waals surface area contributed by atoms with E-state index in [0.717, 1.165) is 16.6 Å². The molecule has 0 fully saturated rings. The highest BCUT2D eigenvalue weighted by atomic mass is 16.5. The fourth-order valence-corrected chi connectivity index (χ4v) is 2.53. The van der Waals surface area contributed by atoms with Crippen molar-refractivity contribution < 1.29 is 14.3 Å². The summed E-state index contributed by atoms with van der Waals surface area (Å²) in [6.07, 6.45) is 0.